The second-order valence-electron chi connectivity index (χ2n) is 5.57. The van der Waals surface area contributed by atoms with Gasteiger partial charge in [-0.15, -0.1) is 0 Å². The van der Waals surface area contributed by atoms with E-state index < -0.39 is 0 Å². The van der Waals surface area contributed by atoms with Crippen molar-refractivity contribution in [3.8, 4) is 0 Å². The van der Waals surface area contributed by atoms with E-state index >= 15 is 0 Å². The van der Waals surface area contributed by atoms with Crippen molar-refractivity contribution >= 4 is 27.7 Å². The van der Waals surface area contributed by atoms with Crippen LogP contribution in [-0.4, -0.2) is 23.1 Å². The zero-order valence-electron chi connectivity index (χ0n) is 11.8. The average Bonchev–Trinajstić information content (AvgIpc) is 2.28. The van der Waals surface area contributed by atoms with E-state index in [4.69, 9.17) is 0 Å². The molecule has 0 fully saturated rings. The molecule has 1 atom stereocenters. The zero-order chi connectivity index (χ0) is 13.8. The summed E-state index contributed by atoms with van der Waals surface area (Å²) in [6, 6.07) is 0. The maximum Gasteiger partial charge on any atom is 0.224 e. The number of halogens is 1. The quantitative estimate of drug-likeness (QED) is 0.868. The van der Waals surface area contributed by atoms with Crippen LogP contribution in [0.5, 0.6) is 0 Å². The number of nitrogens with zero attached hydrogens (tertiary/aromatic N) is 2. The van der Waals surface area contributed by atoms with Gasteiger partial charge in [-0.1, -0.05) is 27.7 Å². The van der Waals surface area contributed by atoms with Gasteiger partial charge in [0.15, 0.2) is 0 Å². The van der Waals surface area contributed by atoms with Gasteiger partial charge in [0, 0.05) is 19.3 Å². The predicted molar refractivity (Wildman–Crippen MR) is 81.0 cm³/mol. The lowest BCUT2D eigenvalue weighted by Crippen LogP contribution is -2.25. The molecule has 0 spiro atoms. The van der Waals surface area contributed by atoms with E-state index in [1.807, 2.05) is 6.92 Å². The Bertz CT molecular complexity index is 387. The lowest BCUT2D eigenvalue weighted by molar-refractivity contribution is 0.274. The molecule has 1 aromatic rings. The van der Waals surface area contributed by atoms with E-state index in [2.05, 4.69) is 64.2 Å². The largest absolute Gasteiger partial charge is 0.369 e. The lowest BCUT2D eigenvalue weighted by Gasteiger charge is -2.27. The minimum absolute atomic E-state index is 0.289. The van der Waals surface area contributed by atoms with Gasteiger partial charge in [0.2, 0.25) is 5.95 Å². The summed E-state index contributed by atoms with van der Waals surface area (Å²) in [4.78, 5) is 8.63. The van der Waals surface area contributed by atoms with Crippen LogP contribution >= 0.6 is 15.9 Å². The minimum Gasteiger partial charge on any atom is -0.369 e. The first-order chi connectivity index (χ1) is 8.34. The number of nitrogens with one attached hydrogen (secondary N) is 2. The van der Waals surface area contributed by atoms with Crippen LogP contribution in [0.4, 0.5) is 11.8 Å². The number of aromatic nitrogens is 2. The van der Waals surface area contributed by atoms with Gasteiger partial charge in [-0.05, 0) is 34.2 Å². The lowest BCUT2D eigenvalue weighted by atomic mass is 9.82. The standard InChI is InChI=1S/C13H23BrN4/c1-6-15-12-17-8-10(14)11(18-12)16-7-9(2)13(3,4)5/h8-9H,6-7H2,1-5H3,(H2,15,16,17,18). The second kappa shape index (κ2) is 6.36. The molecule has 0 amide bonds. The van der Waals surface area contributed by atoms with E-state index in [-0.39, 0.29) is 5.41 Å². The van der Waals surface area contributed by atoms with Crippen LogP contribution in [-0.2, 0) is 0 Å². The van der Waals surface area contributed by atoms with Gasteiger partial charge >= 0.3 is 0 Å². The van der Waals surface area contributed by atoms with Crippen molar-refractivity contribution in [1.82, 2.24) is 9.97 Å². The van der Waals surface area contributed by atoms with Gasteiger partial charge in [-0.25, -0.2) is 4.98 Å². The minimum atomic E-state index is 0.289. The third-order valence-electron chi connectivity index (χ3n) is 3.13. The Labute approximate surface area is 118 Å². The normalized spacial score (nSPS) is 13.2. The molecule has 5 heteroatoms. The summed E-state index contributed by atoms with van der Waals surface area (Å²) in [5.41, 5.74) is 0.289. The molecule has 0 aliphatic carbocycles. The highest BCUT2D eigenvalue weighted by Gasteiger charge is 2.20. The SMILES string of the molecule is CCNc1ncc(Br)c(NCC(C)C(C)(C)C)n1. The molecule has 0 saturated heterocycles. The Morgan fingerprint density at radius 3 is 2.56 bits per heavy atom. The highest BCUT2D eigenvalue weighted by Crippen LogP contribution is 2.27. The summed E-state index contributed by atoms with van der Waals surface area (Å²) in [6.45, 7) is 12.7. The van der Waals surface area contributed by atoms with E-state index in [1.165, 1.54) is 0 Å². The summed E-state index contributed by atoms with van der Waals surface area (Å²) in [5.74, 6) is 2.06. The van der Waals surface area contributed by atoms with E-state index in [1.54, 1.807) is 6.20 Å². The Balaban J connectivity index is 2.69. The first-order valence-electron chi connectivity index (χ1n) is 6.35. The summed E-state index contributed by atoms with van der Waals surface area (Å²) in [7, 11) is 0. The molecule has 2 N–H and O–H groups in total. The molecular weight excluding hydrogens is 292 g/mol. The molecule has 0 aliphatic rings. The van der Waals surface area contributed by atoms with Crippen LogP contribution in [0, 0.1) is 11.3 Å². The smallest absolute Gasteiger partial charge is 0.224 e. The molecule has 1 unspecified atom stereocenters. The molecule has 102 valence electrons. The summed E-state index contributed by atoms with van der Waals surface area (Å²) >= 11 is 3.47. The van der Waals surface area contributed by atoms with Gasteiger partial charge in [0.25, 0.3) is 0 Å². The molecule has 1 rings (SSSR count). The summed E-state index contributed by atoms with van der Waals surface area (Å²) in [6.07, 6.45) is 1.77. The van der Waals surface area contributed by atoms with Crippen molar-refractivity contribution in [2.45, 2.75) is 34.6 Å². The second-order valence-corrected chi connectivity index (χ2v) is 6.42. The fourth-order valence-electron chi connectivity index (χ4n) is 1.29. The van der Waals surface area contributed by atoms with Crippen molar-refractivity contribution in [2.24, 2.45) is 11.3 Å². The van der Waals surface area contributed by atoms with Gasteiger partial charge in [0.05, 0.1) is 4.47 Å². The third-order valence-corrected chi connectivity index (χ3v) is 3.71. The maximum atomic E-state index is 4.44. The van der Waals surface area contributed by atoms with E-state index in [0.717, 1.165) is 23.4 Å². The van der Waals surface area contributed by atoms with Gasteiger partial charge < -0.3 is 10.6 Å². The Kier molecular flexibility index (Phi) is 5.38. The number of hydrogen-bond donors (Lipinski definition) is 2. The first-order valence-corrected chi connectivity index (χ1v) is 7.14. The zero-order valence-corrected chi connectivity index (χ0v) is 13.4. The highest BCUT2D eigenvalue weighted by atomic mass is 79.9. The Hall–Kier alpha value is -0.840. The van der Waals surface area contributed by atoms with Crippen molar-refractivity contribution in [2.75, 3.05) is 23.7 Å². The molecule has 0 aliphatic heterocycles. The monoisotopic (exact) mass is 314 g/mol. The topological polar surface area (TPSA) is 49.8 Å². The highest BCUT2D eigenvalue weighted by molar-refractivity contribution is 9.10. The molecule has 18 heavy (non-hydrogen) atoms. The van der Waals surface area contributed by atoms with Crippen LogP contribution in [0.3, 0.4) is 0 Å². The fourth-order valence-corrected chi connectivity index (χ4v) is 1.62. The van der Waals surface area contributed by atoms with Crippen LogP contribution in [0.2, 0.25) is 0 Å². The van der Waals surface area contributed by atoms with E-state index in [9.17, 15) is 0 Å². The van der Waals surface area contributed by atoms with Crippen molar-refractivity contribution in [1.29, 1.82) is 0 Å². The number of anilines is 2. The molecule has 1 heterocycles. The Morgan fingerprint density at radius 1 is 1.33 bits per heavy atom. The molecule has 0 bridgehead atoms. The van der Waals surface area contributed by atoms with Crippen molar-refractivity contribution < 1.29 is 0 Å². The van der Waals surface area contributed by atoms with Gasteiger partial charge in [0.1, 0.15) is 5.82 Å². The predicted octanol–water partition coefficient (Wildman–Crippen LogP) is 3.77. The maximum absolute atomic E-state index is 4.44. The van der Waals surface area contributed by atoms with Crippen LogP contribution in [0.25, 0.3) is 0 Å². The van der Waals surface area contributed by atoms with Crippen LogP contribution < -0.4 is 10.6 Å². The first kappa shape index (κ1) is 15.2. The van der Waals surface area contributed by atoms with E-state index in [0.29, 0.717) is 11.9 Å². The summed E-state index contributed by atoms with van der Waals surface area (Å²) < 4.78 is 0.894. The molecule has 4 nitrogen and oxygen atoms in total. The van der Waals surface area contributed by atoms with Gasteiger partial charge in [-0.2, -0.15) is 4.98 Å². The van der Waals surface area contributed by atoms with Crippen molar-refractivity contribution in [3.05, 3.63) is 10.7 Å². The third kappa shape index (κ3) is 4.44. The fraction of sp³-hybridized carbons (Fsp3) is 0.692. The number of rotatable bonds is 5. The molecule has 0 aromatic carbocycles. The van der Waals surface area contributed by atoms with Crippen LogP contribution in [0.1, 0.15) is 34.6 Å². The van der Waals surface area contributed by atoms with Crippen molar-refractivity contribution in [3.63, 3.8) is 0 Å². The molecular formula is C13H23BrN4. The number of hydrogen-bond acceptors (Lipinski definition) is 4. The molecule has 0 radical (unpaired) electrons. The van der Waals surface area contributed by atoms with Gasteiger partial charge in [-0.3, -0.25) is 0 Å². The summed E-state index contributed by atoms with van der Waals surface area (Å²) in [5, 5.41) is 6.49. The molecule has 1 aromatic heterocycles. The molecule has 0 saturated carbocycles. The van der Waals surface area contributed by atoms with Crippen LogP contribution in [0.15, 0.2) is 10.7 Å². The average molecular weight is 315 g/mol. The Morgan fingerprint density at radius 2 is 2.00 bits per heavy atom.